The maximum Gasteiger partial charge on any atom is 0.160 e. The van der Waals surface area contributed by atoms with E-state index in [0.29, 0.717) is 18.3 Å². The molecule has 0 radical (unpaired) electrons. The average Bonchev–Trinajstić information content (AvgIpc) is 3.09. The van der Waals surface area contributed by atoms with Crippen molar-refractivity contribution in [3.63, 3.8) is 0 Å². The van der Waals surface area contributed by atoms with Gasteiger partial charge in [-0.3, -0.25) is 4.68 Å². The molecule has 0 atom stereocenters. The van der Waals surface area contributed by atoms with Crippen molar-refractivity contribution in [3.05, 3.63) is 47.8 Å². The number of nitrogens with zero attached hydrogens (tertiary/aromatic N) is 2. The van der Waals surface area contributed by atoms with Crippen LogP contribution in [0.3, 0.4) is 0 Å². The monoisotopic (exact) mass is 277 g/mol. The van der Waals surface area contributed by atoms with Gasteiger partial charge in [0.25, 0.3) is 0 Å². The van der Waals surface area contributed by atoms with Crippen LogP contribution in [-0.4, -0.2) is 9.78 Å². The minimum Gasteiger partial charge on any atom is -0.379 e. The van der Waals surface area contributed by atoms with Crippen LogP contribution in [0.15, 0.2) is 30.5 Å². The summed E-state index contributed by atoms with van der Waals surface area (Å²) in [6, 6.07) is 6.28. The summed E-state index contributed by atoms with van der Waals surface area (Å²) in [4.78, 5) is 0. The lowest BCUT2D eigenvalue weighted by molar-refractivity contribution is 0.452. The molecule has 5 heteroatoms. The van der Waals surface area contributed by atoms with Crippen molar-refractivity contribution < 1.29 is 8.78 Å². The molecule has 1 heterocycles. The van der Waals surface area contributed by atoms with Gasteiger partial charge in [0.1, 0.15) is 0 Å². The molecule has 2 aromatic rings. The Kier molecular flexibility index (Phi) is 3.67. The second-order valence-corrected chi connectivity index (χ2v) is 5.19. The number of aromatic nitrogens is 2. The van der Waals surface area contributed by atoms with Crippen molar-refractivity contribution >= 4 is 5.69 Å². The first-order chi connectivity index (χ1) is 9.74. The van der Waals surface area contributed by atoms with Gasteiger partial charge in [0.2, 0.25) is 0 Å². The van der Waals surface area contributed by atoms with E-state index < -0.39 is 11.6 Å². The SMILES string of the molecule is Fc1ccc(NCc2ccnn2C2CCCC2)cc1F. The van der Waals surface area contributed by atoms with E-state index in [1.54, 1.807) is 6.20 Å². The highest BCUT2D eigenvalue weighted by Gasteiger charge is 2.19. The molecule has 106 valence electrons. The number of rotatable bonds is 4. The van der Waals surface area contributed by atoms with Crippen molar-refractivity contribution in [3.8, 4) is 0 Å². The van der Waals surface area contributed by atoms with E-state index in [4.69, 9.17) is 0 Å². The zero-order valence-electron chi connectivity index (χ0n) is 11.1. The fourth-order valence-corrected chi connectivity index (χ4v) is 2.76. The van der Waals surface area contributed by atoms with Gasteiger partial charge in [-0.2, -0.15) is 5.10 Å². The molecule has 1 saturated carbocycles. The summed E-state index contributed by atoms with van der Waals surface area (Å²) in [6.07, 6.45) is 6.63. The van der Waals surface area contributed by atoms with Crippen LogP contribution >= 0.6 is 0 Å². The Morgan fingerprint density at radius 1 is 1.15 bits per heavy atom. The first-order valence-electron chi connectivity index (χ1n) is 6.95. The zero-order valence-corrected chi connectivity index (χ0v) is 11.1. The summed E-state index contributed by atoms with van der Waals surface area (Å²) in [5.74, 6) is -1.66. The first-order valence-corrected chi connectivity index (χ1v) is 6.95. The molecule has 0 spiro atoms. The Bertz CT molecular complexity index is 589. The topological polar surface area (TPSA) is 29.9 Å². The molecule has 3 nitrogen and oxygen atoms in total. The van der Waals surface area contributed by atoms with E-state index in [9.17, 15) is 8.78 Å². The van der Waals surface area contributed by atoms with Crippen LogP contribution < -0.4 is 5.32 Å². The molecule has 3 rings (SSSR count). The molecule has 1 aromatic carbocycles. The van der Waals surface area contributed by atoms with Crippen LogP contribution in [-0.2, 0) is 6.54 Å². The molecule has 1 aliphatic rings. The van der Waals surface area contributed by atoms with Crippen molar-refractivity contribution in [2.45, 2.75) is 38.3 Å². The summed E-state index contributed by atoms with van der Waals surface area (Å²) >= 11 is 0. The number of halogens is 2. The van der Waals surface area contributed by atoms with Crippen molar-refractivity contribution in [2.75, 3.05) is 5.32 Å². The molecular weight excluding hydrogens is 260 g/mol. The molecule has 1 N–H and O–H groups in total. The summed E-state index contributed by atoms with van der Waals surface area (Å²) in [5.41, 5.74) is 1.64. The molecule has 1 aliphatic carbocycles. The summed E-state index contributed by atoms with van der Waals surface area (Å²) in [5, 5.41) is 7.50. The van der Waals surface area contributed by atoms with Crippen LogP contribution in [0, 0.1) is 11.6 Å². The van der Waals surface area contributed by atoms with Gasteiger partial charge in [-0.05, 0) is 31.0 Å². The first kappa shape index (κ1) is 13.1. The Hall–Kier alpha value is -1.91. The zero-order chi connectivity index (χ0) is 13.9. The maximum absolute atomic E-state index is 13.1. The van der Waals surface area contributed by atoms with Crippen LogP contribution in [0.1, 0.15) is 37.4 Å². The van der Waals surface area contributed by atoms with E-state index >= 15 is 0 Å². The van der Waals surface area contributed by atoms with E-state index in [2.05, 4.69) is 15.1 Å². The Labute approximate surface area is 116 Å². The normalized spacial score (nSPS) is 15.7. The predicted molar refractivity (Wildman–Crippen MR) is 73.4 cm³/mol. The van der Waals surface area contributed by atoms with Crippen LogP contribution in [0.2, 0.25) is 0 Å². The lowest BCUT2D eigenvalue weighted by Gasteiger charge is -2.15. The van der Waals surface area contributed by atoms with Crippen LogP contribution in [0.5, 0.6) is 0 Å². The van der Waals surface area contributed by atoms with Crippen molar-refractivity contribution in [1.82, 2.24) is 9.78 Å². The third-order valence-corrected chi connectivity index (χ3v) is 3.82. The van der Waals surface area contributed by atoms with Gasteiger partial charge >= 0.3 is 0 Å². The minimum absolute atomic E-state index is 0.478. The lowest BCUT2D eigenvalue weighted by Crippen LogP contribution is -2.13. The lowest BCUT2D eigenvalue weighted by atomic mass is 10.2. The van der Waals surface area contributed by atoms with Gasteiger partial charge in [-0.1, -0.05) is 12.8 Å². The quantitative estimate of drug-likeness (QED) is 0.919. The molecule has 0 amide bonds. The van der Waals surface area contributed by atoms with Gasteiger partial charge in [-0.15, -0.1) is 0 Å². The highest BCUT2D eigenvalue weighted by atomic mass is 19.2. The van der Waals surface area contributed by atoms with Crippen molar-refractivity contribution in [2.24, 2.45) is 0 Å². The number of hydrogen-bond donors (Lipinski definition) is 1. The minimum atomic E-state index is -0.834. The van der Waals surface area contributed by atoms with Crippen LogP contribution in [0.4, 0.5) is 14.5 Å². The van der Waals surface area contributed by atoms with E-state index in [1.807, 2.05) is 6.07 Å². The fraction of sp³-hybridized carbons (Fsp3) is 0.400. The average molecular weight is 277 g/mol. The number of hydrogen-bond acceptors (Lipinski definition) is 2. The molecular formula is C15H17F2N3. The molecule has 1 aromatic heterocycles. The molecule has 0 bridgehead atoms. The number of benzene rings is 1. The van der Waals surface area contributed by atoms with E-state index in [0.717, 1.165) is 11.8 Å². The second kappa shape index (κ2) is 5.61. The van der Waals surface area contributed by atoms with Crippen molar-refractivity contribution in [1.29, 1.82) is 0 Å². The predicted octanol–water partition coefficient (Wildman–Crippen LogP) is 3.89. The van der Waals surface area contributed by atoms with Gasteiger partial charge < -0.3 is 5.32 Å². The van der Waals surface area contributed by atoms with E-state index in [1.165, 1.54) is 37.8 Å². The third kappa shape index (κ3) is 2.66. The Balaban J connectivity index is 1.69. The molecule has 1 fully saturated rings. The van der Waals surface area contributed by atoms with Gasteiger partial charge in [0.15, 0.2) is 11.6 Å². The molecule has 0 saturated heterocycles. The summed E-state index contributed by atoms with van der Waals surface area (Å²) < 4.78 is 28.1. The third-order valence-electron chi connectivity index (χ3n) is 3.82. The van der Waals surface area contributed by atoms with Gasteiger partial charge in [0.05, 0.1) is 18.3 Å². The maximum atomic E-state index is 13.1. The standard InChI is InChI=1S/C15H17F2N3/c16-14-6-5-11(9-15(14)17)18-10-13-7-8-19-20(13)12-3-1-2-4-12/h5-9,12,18H,1-4,10H2. The fourth-order valence-electron chi connectivity index (χ4n) is 2.76. The highest BCUT2D eigenvalue weighted by molar-refractivity contribution is 5.43. The van der Waals surface area contributed by atoms with E-state index in [-0.39, 0.29) is 0 Å². The molecule has 20 heavy (non-hydrogen) atoms. The highest BCUT2D eigenvalue weighted by Crippen LogP contribution is 2.29. The Morgan fingerprint density at radius 3 is 2.70 bits per heavy atom. The number of anilines is 1. The van der Waals surface area contributed by atoms with Gasteiger partial charge in [-0.25, -0.2) is 8.78 Å². The Morgan fingerprint density at radius 2 is 1.95 bits per heavy atom. The molecule has 0 unspecified atom stereocenters. The summed E-state index contributed by atoms with van der Waals surface area (Å²) in [7, 11) is 0. The largest absolute Gasteiger partial charge is 0.379 e. The smallest absolute Gasteiger partial charge is 0.160 e. The number of nitrogens with one attached hydrogen (secondary N) is 1. The molecule has 0 aliphatic heterocycles. The summed E-state index contributed by atoms with van der Waals surface area (Å²) in [6.45, 7) is 0.557. The van der Waals surface area contributed by atoms with Crippen LogP contribution in [0.25, 0.3) is 0 Å². The van der Waals surface area contributed by atoms with Gasteiger partial charge in [0, 0.05) is 18.0 Å². The second-order valence-electron chi connectivity index (χ2n) is 5.19.